The van der Waals surface area contributed by atoms with Gasteiger partial charge in [-0.3, -0.25) is 4.79 Å². The molecule has 0 saturated carbocycles. The number of amides is 1. The Kier molecular flexibility index (Phi) is 5.78. The normalized spacial score (nSPS) is 11.9. The summed E-state index contributed by atoms with van der Waals surface area (Å²) in [6.07, 6.45) is 1.69. The molecule has 0 bridgehead atoms. The highest BCUT2D eigenvalue weighted by Gasteiger charge is 2.09. The number of carbonyl (C=O) groups is 1. The highest BCUT2D eigenvalue weighted by Crippen LogP contribution is 2.26. The maximum Gasteiger partial charge on any atom is 0.251 e. The molecule has 2 N–H and O–H groups in total. The van der Waals surface area contributed by atoms with Gasteiger partial charge in [0.25, 0.3) is 5.91 Å². The van der Waals surface area contributed by atoms with Gasteiger partial charge in [0.05, 0.1) is 7.11 Å². The van der Waals surface area contributed by atoms with Crippen LogP contribution in [0.5, 0.6) is 11.5 Å². The molecule has 0 heterocycles. The standard InChI is InChI=1S/C13H18ClNO3/c1-9(14)4-3-7-15-13(17)10-5-6-12(18-2)11(16)8-10/h5-6,8-9,16H,3-4,7H2,1-2H3,(H,15,17). The van der Waals surface area contributed by atoms with Crippen LogP contribution >= 0.6 is 11.6 Å². The Bertz CT molecular complexity index is 407. The van der Waals surface area contributed by atoms with Crippen LogP contribution in [0, 0.1) is 0 Å². The number of nitrogens with one attached hydrogen (secondary N) is 1. The molecule has 0 aliphatic carbocycles. The second kappa shape index (κ2) is 7.11. The number of halogens is 1. The van der Waals surface area contributed by atoms with Crippen molar-refractivity contribution < 1.29 is 14.6 Å². The lowest BCUT2D eigenvalue weighted by Gasteiger charge is -2.08. The summed E-state index contributed by atoms with van der Waals surface area (Å²) >= 11 is 5.80. The van der Waals surface area contributed by atoms with Gasteiger partial charge in [-0.1, -0.05) is 0 Å². The topological polar surface area (TPSA) is 58.6 Å². The molecular weight excluding hydrogens is 254 g/mol. The van der Waals surface area contributed by atoms with Crippen molar-refractivity contribution in [2.75, 3.05) is 13.7 Å². The molecule has 18 heavy (non-hydrogen) atoms. The van der Waals surface area contributed by atoms with Gasteiger partial charge in [-0.15, -0.1) is 11.6 Å². The summed E-state index contributed by atoms with van der Waals surface area (Å²) in [7, 11) is 1.46. The SMILES string of the molecule is COc1ccc(C(=O)NCCCC(C)Cl)cc1O. The molecule has 0 aromatic heterocycles. The predicted octanol–water partition coefficient (Wildman–Crippen LogP) is 2.54. The average Bonchev–Trinajstić information content (AvgIpc) is 2.34. The second-order valence-corrected chi connectivity index (χ2v) is 4.81. The summed E-state index contributed by atoms with van der Waals surface area (Å²) in [5.74, 6) is 0.0947. The van der Waals surface area contributed by atoms with E-state index in [9.17, 15) is 9.90 Å². The van der Waals surface area contributed by atoms with Crippen LogP contribution in [0.4, 0.5) is 0 Å². The Hall–Kier alpha value is -1.42. The maximum absolute atomic E-state index is 11.7. The molecule has 0 aliphatic heterocycles. The second-order valence-electron chi connectivity index (χ2n) is 4.07. The monoisotopic (exact) mass is 271 g/mol. The third kappa shape index (κ3) is 4.45. The van der Waals surface area contributed by atoms with Crippen LogP contribution in [0.15, 0.2) is 18.2 Å². The van der Waals surface area contributed by atoms with E-state index >= 15 is 0 Å². The summed E-state index contributed by atoms with van der Waals surface area (Å²) in [5.41, 5.74) is 0.409. The van der Waals surface area contributed by atoms with Gasteiger partial charge in [0.15, 0.2) is 11.5 Å². The Balaban J connectivity index is 2.49. The van der Waals surface area contributed by atoms with Crippen molar-refractivity contribution in [1.82, 2.24) is 5.32 Å². The van der Waals surface area contributed by atoms with Gasteiger partial charge in [0.2, 0.25) is 0 Å². The Morgan fingerprint density at radius 2 is 2.28 bits per heavy atom. The van der Waals surface area contributed by atoms with Crippen LogP contribution in [-0.4, -0.2) is 30.0 Å². The molecule has 0 radical (unpaired) electrons. The molecule has 0 saturated heterocycles. The van der Waals surface area contributed by atoms with Crippen LogP contribution in [-0.2, 0) is 0 Å². The van der Waals surface area contributed by atoms with Gasteiger partial charge in [0.1, 0.15) is 0 Å². The number of phenols is 1. The number of alkyl halides is 1. The molecule has 0 aliphatic rings. The zero-order valence-electron chi connectivity index (χ0n) is 10.6. The first-order valence-corrected chi connectivity index (χ1v) is 6.27. The lowest BCUT2D eigenvalue weighted by atomic mass is 10.2. The third-order valence-corrected chi connectivity index (χ3v) is 2.72. The third-order valence-electron chi connectivity index (χ3n) is 2.51. The van der Waals surface area contributed by atoms with Crippen molar-refractivity contribution in [1.29, 1.82) is 0 Å². The Morgan fingerprint density at radius 3 is 2.83 bits per heavy atom. The zero-order chi connectivity index (χ0) is 13.5. The Morgan fingerprint density at radius 1 is 1.56 bits per heavy atom. The fourth-order valence-corrected chi connectivity index (χ4v) is 1.67. The number of benzene rings is 1. The van der Waals surface area contributed by atoms with E-state index in [2.05, 4.69) is 5.32 Å². The number of phenolic OH excluding ortho intramolecular Hbond substituents is 1. The number of carbonyl (C=O) groups excluding carboxylic acids is 1. The van der Waals surface area contributed by atoms with Gasteiger partial charge >= 0.3 is 0 Å². The molecule has 0 spiro atoms. The molecule has 1 rings (SSSR count). The molecule has 1 unspecified atom stereocenters. The van der Waals surface area contributed by atoms with Crippen LogP contribution in [0.25, 0.3) is 0 Å². The van der Waals surface area contributed by atoms with E-state index in [0.29, 0.717) is 17.9 Å². The number of methoxy groups -OCH3 is 1. The van der Waals surface area contributed by atoms with Gasteiger partial charge in [-0.05, 0) is 38.0 Å². The van der Waals surface area contributed by atoms with E-state index in [-0.39, 0.29) is 17.0 Å². The van der Waals surface area contributed by atoms with E-state index < -0.39 is 0 Å². The van der Waals surface area contributed by atoms with Crippen molar-refractivity contribution in [2.45, 2.75) is 25.1 Å². The fraction of sp³-hybridized carbons (Fsp3) is 0.462. The number of ether oxygens (including phenoxy) is 1. The van der Waals surface area contributed by atoms with Crippen LogP contribution < -0.4 is 10.1 Å². The minimum Gasteiger partial charge on any atom is -0.504 e. The first-order chi connectivity index (χ1) is 8.54. The predicted molar refractivity (Wildman–Crippen MR) is 71.5 cm³/mol. The van der Waals surface area contributed by atoms with Crippen molar-refractivity contribution in [2.24, 2.45) is 0 Å². The van der Waals surface area contributed by atoms with E-state index in [4.69, 9.17) is 16.3 Å². The highest BCUT2D eigenvalue weighted by atomic mass is 35.5. The van der Waals surface area contributed by atoms with Gasteiger partial charge in [-0.25, -0.2) is 0 Å². The first-order valence-electron chi connectivity index (χ1n) is 5.84. The number of rotatable bonds is 6. The molecule has 1 amide bonds. The number of aromatic hydroxyl groups is 1. The number of hydrogen-bond donors (Lipinski definition) is 2. The summed E-state index contributed by atoms with van der Waals surface area (Å²) in [6, 6.07) is 4.56. The molecule has 0 fully saturated rings. The van der Waals surface area contributed by atoms with Crippen molar-refractivity contribution >= 4 is 17.5 Å². The first kappa shape index (κ1) is 14.6. The summed E-state index contributed by atoms with van der Waals surface area (Å²) in [4.78, 5) is 11.7. The zero-order valence-corrected chi connectivity index (χ0v) is 11.3. The van der Waals surface area contributed by atoms with Crippen molar-refractivity contribution in [3.8, 4) is 11.5 Å². The molecule has 1 aromatic carbocycles. The van der Waals surface area contributed by atoms with Gasteiger partial charge < -0.3 is 15.2 Å². The molecule has 1 atom stereocenters. The summed E-state index contributed by atoms with van der Waals surface area (Å²) in [5, 5.41) is 12.4. The minimum atomic E-state index is -0.213. The lowest BCUT2D eigenvalue weighted by Crippen LogP contribution is -2.24. The molecule has 5 heteroatoms. The van der Waals surface area contributed by atoms with Crippen LogP contribution in [0.3, 0.4) is 0 Å². The van der Waals surface area contributed by atoms with E-state index in [1.54, 1.807) is 12.1 Å². The summed E-state index contributed by atoms with van der Waals surface area (Å²) < 4.78 is 4.91. The average molecular weight is 272 g/mol. The maximum atomic E-state index is 11.7. The van der Waals surface area contributed by atoms with Gasteiger partial charge in [0, 0.05) is 17.5 Å². The quantitative estimate of drug-likeness (QED) is 0.617. The van der Waals surface area contributed by atoms with Crippen molar-refractivity contribution in [3.05, 3.63) is 23.8 Å². The highest BCUT2D eigenvalue weighted by molar-refractivity contribution is 6.20. The fourth-order valence-electron chi connectivity index (χ4n) is 1.52. The van der Waals surface area contributed by atoms with Crippen LogP contribution in [0.1, 0.15) is 30.1 Å². The van der Waals surface area contributed by atoms with Crippen LogP contribution in [0.2, 0.25) is 0 Å². The molecule has 1 aromatic rings. The van der Waals surface area contributed by atoms with E-state index in [0.717, 1.165) is 12.8 Å². The number of hydrogen-bond acceptors (Lipinski definition) is 3. The molecular formula is C13H18ClNO3. The van der Waals surface area contributed by atoms with E-state index in [1.807, 2.05) is 6.92 Å². The largest absolute Gasteiger partial charge is 0.504 e. The van der Waals surface area contributed by atoms with Gasteiger partial charge in [-0.2, -0.15) is 0 Å². The molecule has 4 nitrogen and oxygen atoms in total. The van der Waals surface area contributed by atoms with Crippen molar-refractivity contribution in [3.63, 3.8) is 0 Å². The van der Waals surface area contributed by atoms with E-state index in [1.165, 1.54) is 13.2 Å². The smallest absolute Gasteiger partial charge is 0.251 e. The lowest BCUT2D eigenvalue weighted by molar-refractivity contribution is 0.0952. The molecule has 100 valence electrons. The minimum absolute atomic E-state index is 0.0421. The Labute approximate surface area is 112 Å². The summed E-state index contributed by atoms with van der Waals surface area (Å²) in [6.45, 7) is 2.49.